The van der Waals surface area contributed by atoms with Crippen molar-refractivity contribution in [2.75, 3.05) is 31.1 Å². The van der Waals surface area contributed by atoms with Crippen molar-refractivity contribution in [3.05, 3.63) is 37.1 Å². The lowest BCUT2D eigenvalue weighted by atomic mass is 10.3. The van der Waals surface area contributed by atoms with Crippen molar-refractivity contribution in [3.8, 4) is 0 Å². The van der Waals surface area contributed by atoms with Crippen LogP contribution >= 0.6 is 0 Å². The second-order valence-corrected chi connectivity index (χ2v) is 5.98. The van der Waals surface area contributed by atoms with E-state index in [4.69, 9.17) is 0 Å². The van der Waals surface area contributed by atoms with Gasteiger partial charge < -0.3 is 15.1 Å². The van der Waals surface area contributed by atoms with Crippen LogP contribution in [0.3, 0.4) is 0 Å². The fraction of sp³-hybridized carbons (Fsp3) is 0.500. The highest BCUT2D eigenvalue weighted by atomic mass is 16.2. The van der Waals surface area contributed by atoms with E-state index in [0.717, 1.165) is 31.9 Å². The van der Waals surface area contributed by atoms with Gasteiger partial charge in [-0.25, -0.2) is 14.8 Å². The van der Waals surface area contributed by atoms with Crippen LogP contribution in [0.25, 0.3) is 0 Å². The summed E-state index contributed by atoms with van der Waals surface area (Å²) in [5, 5.41) is 7.10. The number of hydrogen-bond acceptors (Lipinski definition) is 5. The van der Waals surface area contributed by atoms with Crippen molar-refractivity contribution < 1.29 is 4.79 Å². The Morgan fingerprint density at radius 2 is 2.21 bits per heavy atom. The van der Waals surface area contributed by atoms with Crippen LogP contribution in [0.1, 0.15) is 13.3 Å². The second kappa shape index (κ2) is 7.76. The molecule has 2 aromatic rings. The molecule has 2 aromatic heterocycles. The zero-order chi connectivity index (χ0) is 16.8. The highest BCUT2D eigenvalue weighted by Crippen LogP contribution is 2.12. The molecule has 0 saturated carbocycles. The number of hydrogen-bond donors (Lipinski definition) is 1. The summed E-state index contributed by atoms with van der Waals surface area (Å²) in [6, 6.07) is 5.89. The Bertz CT molecular complexity index is 631. The molecule has 1 N–H and O–H groups in total. The lowest BCUT2D eigenvalue weighted by Gasteiger charge is -2.24. The highest BCUT2D eigenvalue weighted by molar-refractivity contribution is 5.74. The zero-order valence-corrected chi connectivity index (χ0v) is 13.9. The lowest BCUT2D eigenvalue weighted by Crippen LogP contribution is -2.46. The average molecular weight is 329 g/mol. The van der Waals surface area contributed by atoms with Gasteiger partial charge in [-0.05, 0) is 25.5 Å². The predicted molar refractivity (Wildman–Crippen MR) is 90.7 cm³/mol. The summed E-state index contributed by atoms with van der Waals surface area (Å²) in [5.74, 6) is 0.972. The molecule has 1 saturated heterocycles. The van der Waals surface area contributed by atoms with E-state index in [2.05, 4.69) is 25.3 Å². The van der Waals surface area contributed by atoms with Crippen LogP contribution in [-0.4, -0.2) is 62.9 Å². The predicted octanol–water partition coefficient (Wildman–Crippen LogP) is 0.983. The van der Waals surface area contributed by atoms with E-state index < -0.39 is 0 Å². The number of pyridine rings is 1. The number of carbonyl (C=O) groups is 1. The number of rotatable bonds is 4. The normalized spacial score (nSPS) is 16.5. The van der Waals surface area contributed by atoms with Gasteiger partial charge in [-0.3, -0.25) is 4.68 Å². The molecule has 1 aliphatic heterocycles. The van der Waals surface area contributed by atoms with Gasteiger partial charge in [0.25, 0.3) is 0 Å². The Hall–Kier alpha value is -2.64. The first-order valence-corrected chi connectivity index (χ1v) is 8.26. The van der Waals surface area contributed by atoms with Crippen molar-refractivity contribution in [1.29, 1.82) is 0 Å². The average Bonchev–Trinajstić information content (AvgIpc) is 2.96. The molecule has 1 unspecified atom stereocenters. The van der Waals surface area contributed by atoms with Gasteiger partial charge in [0.1, 0.15) is 18.5 Å². The summed E-state index contributed by atoms with van der Waals surface area (Å²) in [6.07, 6.45) is 5.88. The summed E-state index contributed by atoms with van der Waals surface area (Å²) in [5.41, 5.74) is 0. The summed E-state index contributed by atoms with van der Waals surface area (Å²) in [4.78, 5) is 24.9. The van der Waals surface area contributed by atoms with E-state index >= 15 is 0 Å². The highest BCUT2D eigenvalue weighted by Gasteiger charge is 2.20. The number of nitrogens with one attached hydrogen (secondary N) is 1. The van der Waals surface area contributed by atoms with E-state index in [1.165, 1.54) is 6.33 Å². The van der Waals surface area contributed by atoms with Gasteiger partial charge in [-0.1, -0.05) is 6.07 Å². The minimum Gasteiger partial charge on any atom is -0.355 e. The monoisotopic (exact) mass is 329 g/mol. The van der Waals surface area contributed by atoms with Crippen LogP contribution in [0, 0.1) is 0 Å². The van der Waals surface area contributed by atoms with Gasteiger partial charge in [-0.2, -0.15) is 5.10 Å². The van der Waals surface area contributed by atoms with E-state index in [1.807, 2.05) is 30.0 Å². The molecule has 0 bridgehead atoms. The molecule has 3 heterocycles. The van der Waals surface area contributed by atoms with Gasteiger partial charge in [0.15, 0.2) is 0 Å². The summed E-state index contributed by atoms with van der Waals surface area (Å²) < 4.78 is 1.72. The molecule has 1 atom stereocenters. The van der Waals surface area contributed by atoms with Crippen molar-refractivity contribution in [1.82, 2.24) is 30.0 Å². The largest absolute Gasteiger partial charge is 0.355 e. The van der Waals surface area contributed by atoms with Crippen LogP contribution in [-0.2, 0) is 6.54 Å². The molecular weight excluding hydrogens is 306 g/mol. The molecule has 8 heteroatoms. The van der Waals surface area contributed by atoms with Crippen LogP contribution in [0.2, 0.25) is 0 Å². The van der Waals surface area contributed by atoms with Crippen LogP contribution in [0.5, 0.6) is 0 Å². The minimum atomic E-state index is -0.0227. The fourth-order valence-corrected chi connectivity index (χ4v) is 2.85. The number of anilines is 1. The van der Waals surface area contributed by atoms with Crippen LogP contribution in [0.4, 0.5) is 10.6 Å². The molecular formula is C16H23N7O. The first-order chi connectivity index (χ1) is 11.7. The molecule has 8 nitrogen and oxygen atoms in total. The van der Waals surface area contributed by atoms with Gasteiger partial charge in [0.05, 0.1) is 6.54 Å². The molecule has 0 aromatic carbocycles. The first kappa shape index (κ1) is 16.2. The Labute approximate surface area is 141 Å². The van der Waals surface area contributed by atoms with E-state index in [-0.39, 0.29) is 12.1 Å². The lowest BCUT2D eigenvalue weighted by molar-refractivity contribution is 0.196. The quantitative estimate of drug-likeness (QED) is 0.905. The fourth-order valence-electron chi connectivity index (χ4n) is 2.85. The molecule has 128 valence electrons. The van der Waals surface area contributed by atoms with Crippen LogP contribution < -0.4 is 10.2 Å². The molecule has 0 aliphatic carbocycles. The topological polar surface area (TPSA) is 79.2 Å². The zero-order valence-electron chi connectivity index (χ0n) is 13.9. The van der Waals surface area contributed by atoms with Gasteiger partial charge in [0.2, 0.25) is 0 Å². The van der Waals surface area contributed by atoms with Gasteiger partial charge >= 0.3 is 6.03 Å². The second-order valence-electron chi connectivity index (χ2n) is 5.98. The maximum absolute atomic E-state index is 12.5. The number of urea groups is 1. The Balaban J connectivity index is 1.51. The SMILES string of the molecule is CC(Cn1cncn1)NC(=O)N1CCCN(c2ccccn2)CC1. The summed E-state index contributed by atoms with van der Waals surface area (Å²) in [7, 11) is 0. The van der Waals surface area contributed by atoms with E-state index in [9.17, 15) is 4.79 Å². The Morgan fingerprint density at radius 1 is 1.29 bits per heavy atom. The molecule has 2 amide bonds. The number of amides is 2. The van der Waals surface area contributed by atoms with Crippen molar-refractivity contribution in [2.24, 2.45) is 0 Å². The smallest absolute Gasteiger partial charge is 0.317 e. The molecule has 3 rings (SSSR count). The van der Waals surface area contributed by atoms with Crippen molar-refractivity contribution in [2.45, 2.75) is 25.9 Å². The Kier molecular flexibility index (Phi) is 5.25. The third-order valence-corrected chi connectivity index (χ3v) is 4.05. The molecule has 0 spiro atoms. The molecule has 1 aliphatic rings. The van der Waals surface area contributed by atoms with Crippen LogP contribution in [0.15, 0.2) is 37.1 Å². The third kappa shape index (κ3) is 4.21. The maximum atomic E-state index is 12.5. The van der Waals surface area contributed by atoms with Crippen molar-refractivity contribution in [3.63, 3.8) is 0 Å². The summed E-state index contributed by atoms with van der Waals surface area (Å²) in [6.45, 7) is 5.73. The van der Waals surface area contributed by atoms with Crippen molar-refractivity contribution >= 4 is 11.8 Å². The molecule has 0 radical (unpaired) electrons. The number of carbonyl (C=O) groups excluding carboxylic acids is 1. The number of nitrogens with zero attached hydrogens (tertiary/aromatic N) is 6. The molecule has 1 fully saturated rings. The molecule has 24 heavy (non-hydrogen) atoms. The first-order valence-electron chi connectivity index (χ1n) is 8.26. The third-order valence-electron chi connectivity index (χ3n) is 4.05. The van der Waals surface area contributed by atoms with E-state index in [0.29, 0.717) is 13.1 Å². The minimum absolute atomic E-state index is 0.00524. The summed E-state index contributed by atoms with van der Waals surface area (Å²) >= 11 is 0. The van der Waals surface area contributed by atoms with Gasteiger partial charge in [0, 0.05) is 38.4 Å². The maximum Gasteiger partial charge on any atom is 0.317 e. The standard InChI is InChI=1S/C16H23N7O/c1-14(11-23-13-17-12-19-23)20-16(24)22-8-4-7-21(9-10-22)15-5-2-3-6-18-15/h2-3,5-6,12-14H,4,7-11H2,1H3,(H,20,24). The van der Waals surface area contributed by atoms with Gasteiger partial charge in [-0.15, -0.1) is 0 Å². The number of aromatic nitrogens is 4. The Morgan fingerprint density at radius 3 is 2.96 bits per heavy atom. The van der Waals surface area contributed by atoms with E-state index in [1.54, 1.807) is 17.2 Å².